The van der Waals surface area contributed by atoms with E-state index in [1.807, 2.05) is 31.5 Å². The maximum absolute atomic E-state index is 13.6. The lowest BCUT2D eigenvalue weighted by atomic mass is 9.95. The first kappa shape index (κ1) is 30.3. The van der Waals surface area contributed by atoms with Crippen LogP contribution in [0.1, 0.15) is 80.6 Å². The molecule has 2 aromatic rings. The number of hydrogen-bond acceptors (Lipinski definition) is 7. The molecule has 2 saturated heterocycles. The molecule has 12 heteroatoms. The number of allylic oxidation sites excluding steroid dienone is 1. The fourth-order valence-corrected chi connectivity index (χ4v) is 5.27. The lowest BCUT2D eigenvalue weighted by Gasteiger charge is -2.22. The van der Waals surface area contributed by atoms with Crippen LogP contribution in [0, 0.1) is 0 Å². The predicted octanol–water partition coefficient (Wildman–Crippen LogP) is 6.07. The minimum absolute atomic E-state index is 0.00855. The van der Waals surface area contributed by atoms with Gasteiger partial charge >= 0.3 is 6.18 Å². The van der Waals surface area contributed by atoms with E-state index in [1.165, 1.54) is 17.6 Å². The van der Waals surface area contributed by atoms with Gasteiger partial charge in [0.1, 0.15) is 12.0 Å². The van der Waals surface area contributed by atoms with Crippen LogP contribution in [-0.4, -0.2) is 36.1 Å². The molecular weight excluding hydrogens is 547 g/mol. The molecule has 1 unspecified atom stereocenters. The Morgan fingerprint density at radius 1 is 1.18 bits per heavy atom. The zero-order chi connectivity index (χ0) is 28.9. The van der Waals surface area contributed by atoms with E-state index in [9.17, 15) is 18.0 Å². The Kier molecular flexibility index (Phi) is 9.76. The lowest BCUT2D eigenvalue weighted by molar-refractivity contribution is -0.190. The van der Waals surface area contributed by atoms with Crippen LogP contribution in [0.5, 0.6) is 5.75 Å². The molecule has 3 heterocycles. The van der Waals surface area contributed by atoms with Crippen molar-refractivity contribution in [2.45, 2.75) is 90.3 Å². The Morgan fingerprint density at radius 2 is 1.95 bits per heavy atom. The topological polar surface area (TPSA) is 83.3 Å². The largest absolute Gasteiger partial charge is 0.462 e. The molecule has 1 amide bonds. The van der Waals surface area contributed by atoms with E-state index in [1.54, 1.807) is 6.92 Å². The van der Waals surface area contributed by atoms with E-state index in [0.29, 0.717) is 30.3 Å². The highest BCUT2D eigenvalue weighted by molar-refractivity contribution is 7.09. The van der Waals surface area contributed by atoms with E-state index in [2.05, 4.69) is 10.5 Å². The van der Waals surface area contributed by atoms with Gasteiger partial charge in [0.15, 0.2) is 11.1 Å². The summed E-state index contributed by atoms with van der Waals surface area (Å²) in [5, 5.41) is 0. The number of alkyl halides is 3. The molecule has 1 N–H and O–H groups in total. The highest BCUT2D eigenvalue weighted by Crippen LogP contribution is 2.33. The van der Waals surface area contributed by atoms with Crippen molar-refractivity contribution in [2.24, 2.45) is 4.99 Å². The molecule has 4 rings (SSSR count). The molecule has 2 fully saturated rings. The van der Waals surface area contributed by atoms with Crippen LogP contribution in [0.2, 0.25) is 0 Å². The van der Waals surface area contributed by atoms with E-state index in [0.717, 1.165) is 55.2 Å². The molecule has 0 saturated carbocycles. The number of rotatable bonds is 8. The highest BCUT2D eigenvalue weighted by atomic mass is 32.1. The monoisotopic (exact) mass is 583 g/mol. The second kappa shape index (κ2) is 12.9. The summed E-state index contributed by atoms with van der Waals surface area (Å²) in [4.78, 5) is 24.6. The molecule has 2 atom stereocenters. The third kappa shape index (κ3) is 8.18. The maximum Gasteiger partial charge on any atom is 0.416 e. The Balaban J connectivity index is 1.62. The smallest absolute Gasteiger partial charge is 0.416 e. The molecule has 220 valence electrons. The fraction of sp³-hybridized carbons (Fsp3) is 0.571. The molecule has 1 aromatic heterocycles. The summed E-state index contributed by atoms with van der Waals surface area (Å²) >= 11 is 1.33. The maximum atomic E-state index is 13.6. The van der Waals surface area contributed by atoms with Crippen molar-refractivity contribution in [1.29, 1.82) is 0 Å². The van der Waals surface area contributed by atoms with Gasteiger partial charge < -0.3 is 18.8 Å². The van der Waals surface area contributed by atoms with Crippen molar-refractivity contribution in [2.75, 3.05) is 13.2 Å². The average molecular weight is 584 g/mol. The summed E-state index contributed by atoms with van der Waals surface area (Å²) in [6.07, 6.45) is 2.71. The van der Waals surface area contributed by atoms with Gasteiger partial charge in [-0.25, -0.2) is 4.84 Å². The van der Waals surface area contributed by atoms with Gasteiger partial charge in [0, 0.05) is 30.7 Å². The van der Waals surface area contributed by atoms with Crippen molar-refractivity contribution in [3.63, 3.8) is 0 Å². The third-order valence-electron chi connectivity index (χ3n) is 6.47. The number of aromatic nitrogens is 1. The number of nitrogens with zero attached hydrogens (tertiary/aromatic N) is 2. The van der Waals surface area contributed by atoms with Crippen molar-refractivity contribution >= 4 is 17.2 Å². The van der Waals surface area contributed by atoms with Crippen LogP contribution in [0.15, 0.2) is 41.3 Å². The number of carbonyl (C=O) groups is 1. The van der Waals surface area contributed by atoms with E-state index >= 15 is 0 Å². The minimum Gasteiger partial charge on any atom is -0.462 e. The van der Waals surface area contributed by atoms with Gasteiger partial charge in [-0.3, -0.25) is 10.3 Å². The second-order valence-corrected chi connectivity index (χ2v) is 12.0. The fourth-order valence-electron chi connectivity index (χ4n) is 4.21. The molecule has 0 radical (unpaired) electrons. The van der Waals surface area contributed by atoms with Crippen LogP contribution in [0.3, 0.4) is 0 Å². The summed E-state index contributed by atoms with van der Waals surface area (Å²) in [7, 11) is 0. The van der Waals surface area contributed by atoms with E-state index in [-0.39, 0.29) is 22.8 Å². The third-order valence-corrected chi connectivity index (χ3v) is 7.92. The van der Waals surface area contributed by atoms with Gasteiger partial charge in [0.2, 0.25) is 0 Å². The molecule has 2 aliphatic heterocycles. The Bertz CT molecular complexity index is 1270. The quantitative estimate of drug-likeness (QED) is 0.300. The standard InChI is InChI=1S/C28H36F3N3O5S/c1-18(33-39-24-9-5-6-12-37-24)17-38-22-11-10-19(28(29,30)31)14-21(22)25(35)32-26-34(15-20-8-7-13-36-20)16-23(40-26)27(2,3)4/h10-11,14,16-17,20,24,33H,5-9,12-13,15H2,1-4H3/t20-,24?/m1/s1. The summed E-state index contributed by atoms with van der Waals surface area (Å²) in [6, 6.07) is 2.76. The van der Waals surface area contributed by atoms with Crippen LogP contribution < -0.4 is 15.0 Å². The minimum atomic E-state index is -4.64. The van der Waals surface area contributed by atoms with E-state index < -0.39 is 23.9 Å². The Hall–Kier alpha value is -2.67. The zero-order valence-corrected chi connectivity index (χ0v) is 24.0. The van der Waals surface area contributed by atoms with E-state index in [4.69, 9.17) is 19.0 Å². The Labute approximate surface area is 235 Å². The molecule has 2 aliphatic rings. The van der Waals surface area contributed by atoms with Gasteiger partial charge in [-0.2, -0.15) is 18.2 Å². The van der Waals surface area contributed by atoms with Gasteiger partial charge in [0.05, 0.1) is 29.5 Å². The van der Waals surface area contributed by atoms with Crippen LogP contribution in [-0.2, 0) is 32.4 Å². The number of thiazole rings is 1. The van der Waals surface area contributed by atoms with Crippen molar-refractivity contribution in [3.8, 4) is 5.75 Å². The molecule has 8 nitrogen and oxygen atoms in total. The number of ether oxygens (including phenoxy) is 3. The molecule has 0 spiro atoms. The summed E-state index contributed by atoms with van der Waals surface area (Å²) in [6.45, 7) is 9.60. The molecule has 0 aliphatic carbocycles. The van der Waals surface area contributed by atoms with Gasteiger partial charge in [0.25, 0.3) is 5.91 Å². The number of halogens is 3. The first-order chi connectivity index (χ1) is 18.9. The molecule has 1 aromatic carbocycles. The number of hydroxylamine groups is 1. The van der Waals surface area contributed by atoms with Gasteiger partial charge in [-0.05, 0) is 56.2 Å². The van der Waals surface area contributed by atoms with Gasteiger partial charge in [-0.1, -0.05) is 20.8 Å². The highest BCUT2D eigenvalue weighted by Gasteiger charge is 2.32. The first-order valence-electron chi connectivity index (χ1n) is 13.4. The number of hydrogen-bond donors (Lipinski definition) is 1. The van der Waals surface area contributed by atoms with Crippen LogP contribution >= 0.6 is 11.3 Å². The number of amides is 1. The predicted molar refractivity (Wildman–Crippen MR) is 144 cm³/mol. The Morgan fingerprint density at radius 3 is 2.60 bits per heavy atom. The number of benzene rings is 1. The second-order valence-electron chi connectivity index (χ2n) is 11.0. The average Bonchev–Trinajstić information content (AvgIpc) is 3.56. The number of carbonyl (C=O) groups excluding carboxylic acids is 1. The zero-order valence-electron chi connectivity index (χ0n) is 23.2. The van der Waals surface area contributed by atoms with Gasteiger partial charge in [-0.15, -0.1) is 11.3 Å². The van der Waals surface area contributed by atoms with Crippen molar-refractivity contribution in [3.05, 3.63) is 57.2 Å². The summed E-state index contributed by atoms with van der Waals surface area (Å²) in [5.41, 5.74) is 1.68. The summed E-state index contributed by atoms with van der Waals surface area (Å²) < 4.78 is 59.4. The molecule has 0 bridgehead atoms. The van der Waals surface area contributed by atoms with Crippen molar-refractivity contribution < 1.29 is 37.0 Å². The SMILES string of the molecule is CC(=COc1ccc(C(F)(F)F)cc1C(=O)N=c1sc(C(C)(C)C)cn1C[C@H]1CCCO1)NOC1CCCCO1. The van der Waals surface area contributed by atoms with Crippen LogP contribution in [0.25, 0.3) is 0 Å². The first-order valence-corrected chi connectivity index (χ1v) is 14.2. The number of nitrogens with one attached hydrogen (secondary N) is 1. The normalized spacial score (nSPS) is 21.1. The molecule has 40 heavy (non-hydrogen) atoms. The molecular formula is C28H36F3N3O5S. The lowest BCUT2D eigenvalue weighted by Crippen LogP contribution is -2.28. The van der Waals surface area contributed by atoms with Crippen LogP contribution in [0.4, 0.5) is 13.2 Å². The van der Waals surface area contributed by atoms with Crippen molar-refractivity contribution in [1.82, 2.24) is 10.0 Å². The summed E-state index contributed by atoms with van der Waals surface area (Å²) in [5.74, 6) is -0.898.